The Morgan fingerprint density at radius 2 is 1.71 bits per heavy atom. The van der Waals surface area contributed by atoms with Crippen molar-refractivity contribution in [1.82, 2.24) is 15.2 Å². The first-order valence-corrected chi connectivity index (χ1v) is 7.92. The molecule has 0 fully saturated rings. The van der Waals surface area contributed by atoms with Crippen molar-refractivity contribution in [2.24, 2.45) is 0 Å². The molecule has 0 aliphatic rings. The third-order valence-electron chi connectivity index (χ3n) is 3.21. The highest BCUT2D eigenvalue weighted by Crippen LogP contribution is 2.19. The summed E-state index contributed by atoms with van der Waals surface area (Å²) in [6.07, 6.45) is 0.791. The van der Waals surface area contributed by atoms with Crippen LogP contribution in [0.1, 0.15) is 22.5 Å². The first-order chi connectivity index (χ1) is 10.3. The Morgan fingerprint density at radius 1 is 0.952 bits per heavy atom. The van der Waals surface area contributed by atoms with E-state index in [-0.39, 0.29) is 0 Å². The van der Waals surface area contributed by atoms with Crippen LogP contribution in [-0.2, 0) is 12.2 Å². The molecule has 0 aliphatic carbocycles. The van der Waals surface area contributed by atoms with Gasteiger partial charge in [-0.2, -0.15) is 0 Å². The predicted octanol–water partition coefficient (Wildman–Crippen LogP) is 4.00. The number of aryl methyl sites for hydroxylation is 1. The highest BCUT2D eigenvalue weighted by molar-refractivity contribution is 7.98. The van der Waals surface area contributed by atoms with Crippen molar-refractivity contribution in [2.75, 3.05) is 0 Å². The van der Waals surface area contributed by atoms with E-state index >= 15 is 0 Å². The molecule has 106 valence electrons. The lowest BCUT2D eigenvalue weighted by molar-refractivity contribution is 0.956. The molecule has 0 spiro atoms. The average molecular weight is 295 g/mol. The number of thioether (sulfide) groups is 1. The molecule has 21 heavy (non-hydrogen) atoms. The third-order valence-corrected chi connectivity index (χ3v) is 4.13. The first kappa shape index (κ1) is 13.9. The number of aromatic nitrogens is 3. The Balaban J connectivity index is 1.59. The molecule has 1 heterocycles. The molecule has 0 aliphatic heterocycles. The molecular formula is C17H17N3S. The zero-order valence-corrected chi connectivity index (χ0v) is 12.7. The molecule has 3 nitrogen and oxygen atoms in total. The Bertz CT molecular complexity index is 690. The minimum Gasteiger partial charge on any atom is -0.262 e. The summed E-state index contributed by atoms with van der Waals surface area (Å²) in [5, 5.41) is 8.10. The van der Waals surface area contributed by atoms with Crippen LogP contribution in [0.15, 0.2) is 59.8 Å². The standard InChI is InChI=1S/C17H17N3S/c1-13-7-9-14(10-8-13)11-16-18-17(20-19-16)21-12-15-5-3-2-4-6-15/h2-10H,11-12H2,1H3,(H,18,19,20). The molecule has 3 aromatic rings. The van der Waals surface area contributed by atoms with Crippen LogP contribution < -0.4 is 0 Å². The van der Waals surface area contributed by atoms with E-state index in [4.69, 9.17) is 0 Å². The summed E-state index contributed by atoms with van der Waals surface area (Å²) in [6, 6.07) is 18.9. The Morgan fingerprint density at radius 3 is 2.48 bits per heavy atom. The normalized spacial score (nSPS) is 10.7. The highest BCUT2D eigenvalue weighted by Gasteiger charge is 2.05. The van der Waals surface area contributed by atoms with Crippen molar-refractivity contribution in [1.29, 1.82) is 0 Å². The molecule has 0 radical (unpaired) electrons. The summed E-state index contributed by atoms with van der Waals surface area (Å²) in [7, 11) is 0. The maximum atomic E-state index is 4.54. The van der Waals surface area contributed by atoms with Gasteiger partial charge >= 0.3 is 0 Å². The third kappa shape index (κ3) is 3.95. The molecule has 4 heteroatoms. The summed E-state index contributed by atoms with van der Waals surface area (Å²) < 4.78 is 0. The highest BCUT2D eigenvalue weighted by atomic mass is 32.2. The van der Waals surface area contributed by atoms with E-state index in [0.717, 1.165) is 23.2 Å². The van der Waals surface area contributed by atoms with E-state index in [1.165, 1.54) is 16.7 Å². The fourth-order valence-corrected chi connectivity index (χ4v) is 2.82. The van der Waals surface area contributed by atoms with Gasteiger partial charge in [0.25, 0.3) is 0 Å². The van der Waals surface area contributed by atoms with Gasteiger partial charge in [-0.1, -0.05) is 71.9 Å². The van der Waals surface area contributed by atoms with Crippen LogP contribution in [0.5, 0.6) is 0 Å². The second-order valence-electron chi connectivity index (χ2n) is 5.00. The van der Waals surface area contributed by atoms with Gasteiger partial charge in [-0.25, -0.2) is 4.98 Å². The maximum Gasteiger partial charge on any atom is 0.208 e. The quantitative estimate of drug-likeness (QED) is 0.723. The van der Waals surface area contributed by atoms with E-state index in [0.29, 0.717) is 0 Å². The first-order valence-electron chi connectivity index (χ1n) is 6.93. The van der Waals surface area contributed by atoms with E-state index in [1.807, 2.05) is 6.07 Å². The Hall–Kier alpha value is -2.07. The molecule has 3 rings (SSSR count). The molecule has 0 saturated carbocycles. The molecular weight excluding hydrogens is 278 g/mol. The molecule has 1 aromatic heterocycles. The van der Waals surface area contributed by atoms with Crippen molar-refractivity contribution < 1.29 is 0 Å². The van der Waals surface area contributed by atoms with Gasteiger partial charge in [0.05, 0.1) is 0 Å². The van der Waals surface area contributed by atoms with Crippen LogP contribution in [0.4, 0.5) is 0 Å². The second kappa shape index (κ2) is 6.59. The molecule has 0 unspecified atom stereocenters. The van der Waals surface area contributed by atoms with Gasteiger partial charge in [0, 0.05) is 12.2 Å². The number of aromatic amines is 1. The SMILES string of the molecule is Cc1ccc(Cc2nc(SCc3ccccc3)n[nH]2)cc1. The minimum absolute atomic E-state index is 0.791. The summed E-state index contributed by atoms with van der Waals surface area (Å²) in [6.45, 7) is 2.09. The van der Waals surface area contributed by atoms with Crippen molar-refractivity contribution in [3.8, 4) is 0 Å². The predicted molar refractivity (Wildman–Crippen MR) is 86.4 cm³/mol. The molecule has 0 saturated heterocycles. The van der Waals surface area contributed by atoms with E-state index in [1.54, 1.807) is 11.8 Å². The fraction of sp³-hybridized carbons (Fsp3) is 0.176. The maximum absolute atomic E-state index is 4.54. The number of nitrogens with one attached hydrogen (secondary N) is 1. The average Bonchev–Trinajstić information content (AvgIpc) is 2.96. The topological polar surface area (TPSA) is 41.6 Å². The lowest BCUT2D eigenvalue weighted by atomic mass is 10.1. The summed E-state index contributed by atoms with van der Waals surface area (Å²) in [4.78, 5) is 4.54. The summed E-state index contributed by atoms with van der Waals surface area (Å²) in [5.74, 6) is 1.80. The zero-order chi connectivity index (χ0) is 14.5. The number of benzene rings is 2. The molecule has 2 aromatic carbocycles. The lowest BCUT2D eigenvalue weighted by Crippen LogP contribution is -1.90. The van der Waals surface area contributed by atoms with Gasteiger partial charge in [0.1, 0.15) is 5.82 Å². The number of hydrogen-bond acceptors (Lipinski definition) is 3. The van der Waals surface area contributed by atoms with Gasteiger partial charge in [-0.05, 0) is 18.1 Å². The Labute approximate surface area is 128 Å². The Kier molecular flexibility index (Phi) is 4.36. The molecule has 0 amide bonds. The molecule has 0 bridgehead atoms. The van der Waals surface area contributed by atoms with Crippen molar-refractivity contribution in [3.05, 3.63) is 77.1 Å². The minimum atomic E-state index is 0.791. The van der Waals surface area contributed by atoms with Crippen LogP contribution in [-0.4, -0.2) is 15.2 Å². The van der Waals surface area contributed by atoms with Crippen LogP contribution in [0.25, 0.3) is 0 Å². The van der Waals surface area contributed by atoms with Crippen LogP contribution in [0, 0.1) is 6.92 Å². The second-order valence-corrected chi connectivity index (χ2v) is 5.94. The smallest absolute Gasteiger partial charge is 0.208 e. The lowest BCUT2D eigenvalue weighted by Gasteiger charge is -1.98. The number of nitrogens with zero attached hydrogens (tertiary/aromatic N) is 2. The van der Waals surface area contributed by atoms with Crippen molar-refractivity contribution in [3.63, 3.8) is 0 Å². The van der Waals surface area contributed by atoms with Gasteiger partial charge in [-0.3, -0.25) is 5.10 Å². The summed E-state index contributed by atoms with van der Waals surface area (Å²) in [5.41, 5.74) is 3.80. The molecule has 1 N–H and O–H groups in total. The molecule has 0 atom stereocenters. The number of rotatable bonds is 5. The number of hydrogen-bond donors (Lipinski definition) is 1. The van der Waals surface area contributed by atoms with Gasteiger partial charge in [0.15, 0.2) is 0 Å². The fourth-order valence-electron chi connectivity index (χ4n) is 2.04. The van der Waals surface area contributed by atoms with Crippen LogP contribution in [0.3, 0.4) is 0 Å². The van der Waals surface area contributed by atoms with E-state index in [2.05, 4.69) is 70.6 Å². The van der Waals surface area contributed by atoms with Gasteiger partial charge in [-0.15, -0.1) is 5.10 Å². The zero-order valence-electron chi connectivity index (χ0n) is 11.9. The van der Waals surface area contributed by atoms with Crippen molar-refractivity contribution >= 4 is 11.8 Å². The van der Waals surface area contributed by atoms with Gasteiger partial charge in [0.2, 0.25) is 5.16 Å². The van der Waals surface area contributed by atoms with E-state index in [9.17, 15) is 0 Å². The van der Waals surface area contributed by atoms with Crippen molar-refractivity contribution in [2.45, 2.75) is 24.3 Å². The summed E-state index contributed by atoms with van der Waals surface area (Å²) >= 11 is 1.65. The van der Waals surface area contributed by atoms with E-state index < -0.39 is 0 Å². The largest absolute Gasteiger partial charge is 0.262 e. The number of H-pyrrole nitrogens is 1. The van der Waals surface area contributed by atoms with Crippen LogP contribution in [0.2, 0.25) is 0 Å². The monoisotopic (exact) mass is 295 g/mol. The van der Waals surface area contributed by atoms with Gasteiger partial charge < -0.3 is 0 Å². The van der Waals surface area contributed by atoms with Crippen LogP contribution >= 0.6 is 11.8 Å².